The molecule has 1 fully saturated rings. The second-order valence-electron chi connectivity index (χ2n) is 5.87. The normalized spacial score (nSPS) is 18.0. The fourth-order valence-corrected chi connectivity index (χ4v) is 3.13. The van der Waals surface area contributed by atoms with Gasteiger partial charge in [0.15, 0.2) is 0 Å². The van der Waals surface area contributed by atoms with Gasteiger partial charge in [-0.3, -0.25) is 4.79 Å². The van der Waals surface area contributed by atoms with Gasteiger partial charge in [-0.2, -0.15) is 0 Å². The zero-order chi connectivity index (χ0) is 14.8. The number of carbonyl (C=O) groups is 1. The molecule has 1 aromatic heterocycles. The summed E-state index contributed by atoms with van der Waals surface area (Å²) in [5, 5.41) is 10.4. The van der Waals surface area contributed by atoms with Gasteiger partial charge >= 0.3 is 5.97 Å². The van der Waals surface area contributed by atoms with Gasteiger partial charge in [0.25, 0.3) is 0 Å². The molecule has 2 heterocycles. The van der Waals surface area contributed by atoms with Gasteiger partial charge in [0.1, 0.15) is 0 Å². The van der Waals surface area contributed by atoms with Crippen molar-refractivity contribution in [1.29, 1.82) is 0 Å². The lowest BCUT2D eigenvalue weighted by Crippen LogP contribution is -2.20. The highest BCUT2D eigenvalue weighted by Gasteiger charge is 2.20. The molecular weight excluding hydrogens is 266 g/mol. The van der Waals surface area contributed by atoms with Crippen molar-refractivity contribution in [2.75, 3.05) is 13.2 Å². The molecule has 1 unspecified atom stereocenters. The molecule has 4 nitrogen and oxygen atoms in total. The van der Waals surface area contributed by atoms with Crippen molar-refractivity contribution in [3.63, 3.8) is 0 Å². The van der Waals surface area contributed by atoms with Gasteiger partial charge in [-0.25, -0.2) is 0 Å². The molecule has 0 amide bonds. The first-order valence-corrected chi connectivity index (χ1v) is 7.55. The Kier molecular flexibility index (Phi) is 3.97. The van der Waals surface area contributed by atoms with Crippen LogP contribution in [0, 0.1) is 5.92 Å². The van der Waals surface area contributed by atoms with E-state index < -0.39 is 11.9 Å². The van der Waals surface area contributed by atoms with Crippen molar-refractivity contribution >= 4 is 16.9 Å². The van der Waals surface area contributed by atoms with E-state index in [0.717, 1.165) is 49.1 Å². The fraction of sp³-hybridized carbons (Fsp3) is 0.471. The van der Waals surface area contributed by atoms with Crippen LogP contribution < -0.4 is 0 Å². The molecule has 1 aliphatic heterocycles. The molecule has 1 atom stereocenters. The standard InChI is InChI=1S/C17H21NO3/c1-12(17(19)20)15-4-2-3-14-5-8-18(16(14)15)11-13-6-9-21-10-7-13/h2-5,8,12-13H,6-7,9-11H2,1H3,(H,19,20). The molecule has 2 aromatic rings. The van der Waals surface area contributed by atoms with E-state index in [1.165, 1.54) is 0 Å². The monoisotopic (exact) mass is 287 g/mol. The summed E-state index contributed by atoms with van der Waals surface area (Å²) in [6, 6.07) is 8.00. The summed E-state index contributed by atoms with van der Waals surface area (Å²) in [5.74, 6) is -0.652. The summed E-state index contributed by atoms with van der Waals surface area (Å²) < 4.78 is 7.64. The smallest absolute Gasteiger partial charge is 0.310 e. The SMILES string of the molecule is CC(C(=O)O)c1cccc2ccn(CC3CCOCC3)c12. The molecule has 1 N–H and O–H groups in total. The van der Waals surface area contributed by atoms with Crippen molar-refractivity contribution in [3.05, 3.63) is 36.0 Å². The second-order valence-corrected chi connectivity index (χ2v) is 5.87. The zero-order valence-corrected chi connectivity index (χ0v) is 12.3. The lowest BCUT2D eigenvalue weighted by atomic mass is 9.97. The minimum atomic E-state index is -0.777. The quantitative estimate of drug-likeness (QED) is 0.939. The van der Waals surface area contributed by atoms with Crippen LogP contribution in [0.1, 0.15) is 31.2 Å². The zero-order valence-electron chi connectivity index (χ0n) is 12.3. The van der Waals surface area contributed by atoms with Crippen LogP contribution >= 0.6 is 0 Å². The number of fused-ring (bicyclic) bond motifs is 1. The highest BCUT2D eigenvalue weighted by atomic mass is 16.5. The van der Waals surface area contributed by atoms with E-state index in [1.807, 2.05) is 18.2 Å². The number of ether oxygens (including phenoxy) is 1. The number of carboxylic acid groups (broad SMARTS) is 1. The average Bonchev–Trinajstić information content (AvgIpc) is 2.91. The number of rotatable bonds is 4. The van der Waals surface area contributed by atoms with Crippen LogP contribution in [-0.2, 0) is 16.1 Å². The molecule has 4 heteroatoms. The van der Waals surface area contributed by atoms with Crippen LogP contribution in [-0.4, -0.2) is 28.9 Å². The number of benzene rings is 1. The van der Waals surface area contributed by atoms with Crippen LogP contribution in [0.5, 0.6) is 0 Å². The van der Waals surface area contributed by atoms with Gasteiger partial charge in [-0.15, -0.1) is 0 Å². The van der Waals surface area contributed by atoms with Gasteiger partial charge in [-0.1, -0.05) is 18.2 Å². The van der Waals surface area contributed by atoms with Gasteiger partial charge in [-0.05, 0) is 42.7 Å². The molecule has 112 valence electrons. The Balaban J connectivity index is 1.97. The first-order valence-electron chi connectivity index (χ1n) is 7.55. The maximum atomic E-state index is 11.3. The molecular formula is C17H21NO3. The average molecular weight is 287 g/mol. The van der Waals surface area contributed by atoms with E-state index in [0.29, 0.717) is 5.92 Å². The summed E-state index contributed by atoms with van der Waals surface area (Å²) in [4.78, 5) is 11.3. The minimum Gasteiger partial charge on any atom is -0.481 e. The van der Waals surface area contributed by atoms with Crippen molar-refractivity contribution in [3.8, 4) is 0 Å². The first-order chi connectivity index (χ1) is 10.2. The summed E-state index contributed by atoms with van der Waals surface area (Å²) >= 11 is 0. The number of carboxylic acids is 1. The molecule has 3 rings (SSSR count). The molecule has 0 radical (unpaired) electrons. The predicted molar refractivity (Wildman–Crippen MR) is 81.5 cm³/mol. The molecule has 1 saturated heterocycles. The molecule has 1 aromatic carbocycles. The number of aliphatic carboxylic acids is 1. The molecule has 0 aliphatic carbocycles. The van der Waals surface area contributed by atoms with E-state index in [4.69, 9.17) is 4.74 Å². The van der Waals surface area contributed by atoms with E-state index in [1.54, 1.807) is 6.92 Å². The Morgan fingerprint density at radius 2 is 2.14 bits per heavy atom. The third-order valence-electron chi connectivity index (χ3n) is 4.45. The van der Waals surface area contributed by atoms with Crippen LogP contribution in [0.2, 0.25) is 0 Å². The van der Waals surface area contributed by atoms with E-state index in [9.17, 15) is 9.90 Å². The Morgan fingerprint density at radius 3 is 2.86 bits per heavy atom. The number of aromatic nitrogens is 1. The Morgan fingerprint density at radius 1 is 1.38 bits per heavy atom. The lowest BCUT2D eigenvalue weighted by molar-refractivity contribution is -0.138. The number of para-hydroxylation sites is 1. The van der Waals surface area contributed by atoms with Crippen molar-refractivity contribution in [2.45, 2.75) is 32.2 Å². The Hall–Kier alpha value is -1.81. The Labute approximate surface area is 124 Å². The molecule has 1 aliphatic rings. The highest BCUT2D eigenvalue weighted by molar-refractivity contribution is 5.88. The van der Waals surface area contributed by atoms with Gasteiger partial charge < -0.3 is 14.4 Å². The number of hydrogen-bond acceptors (Lipinski definition) is 2. The van der Waals surface area contributed by atoms with Gasteiger partial charge in [0.05, 0.1) is 11.4 Å². The molecule has 0 bridgehead atoms. The Bertz CT molecular complexity index is 641. The number of hydrogen-bond donors (Lipinski definition) is 1. The summed E-state index contributed by atoms with van der Waals surface area (Å²) in [6.07, 6.45) is 4.24. The first kappa shape index (κ1) is 14.1. The molecule has 21 heavy (non-hydrogen) atoms. The van der Waals surface area contributed by atoms with E-state index >= 15 is 0 Å². The largest absolute Gasteiger partial charge is 0.481 e. The fourth-order valence-electron chi connectivity index (χ4n) is 3.13. The maximum Gasteiger partial charge on any atom is 0.310 e. The van der Waals surface area contributed by atoms with Crippen LogP contribution in [0.3, 0.4) is 0 Å². The summed E-state index contributed by atoms with van der Waals surface area (Å²) in [7, 11) is 0. The summed E-state index contributed by atoms with van der Waals surface area (Å²) in [5.41, 5.74) is 1.97. The number of nitrogens with zero attached hydrogens (tertiary/aromatic N) is 1. The minimum absolute atomic E-state index is 0.489. The third kappa shape index (κ3) is 2.81. The van der Waals surface area contributed by atoms with Gasteiger partial charge in [0.2, 0.25) is 0 Å². The summed E-state index contributed by atoms with van der Waals surface area (Å²) in [6.45, 7) is 4.36. The van der Waals surface area contributed by atoms with Crippen molar-refractivity contribution in [2.24, 2.45) is 5.92 Å². The van der Waals surface area contributed by atoms with Crippen molar-refractivity contribution < 1.29 is 14.6 Å². The maximum absolute atomic E-state index is 11.3. The third-order valence-corrected chi connectivity index (χ3v) is 4.45. The van der Waals surface area contributed by atoms with Crippen molar-refractivity contribution in [1.82, 2.24) is 4.57 Å². The second kappa shape index (κ2) is 5.90. The molecule has 0 spiro atoms. The van der Waals surface area contributed by atoms with Crippen LogP contribution in [0.25, 0.3) is 10.9 Å². The highest BCUT2D eigenvalue weighted by Crippen LogP contribution is 2.28. The molecule has 0 saturated carbocycles. The van der Waals surface area contributed by atoms with E-state index in [-0.39, 0.29) is 0 Å². The van der Waals surface area contributed by atoms with Crippen LogP contribution in [0.4, 0.5) is 0 Å². The predicted octanol–water partition coefficient (Wildman–Crippen LogP) is 3.26. The van der Waals surface area contributed by atoms with Crippen LogP contribution in [0.15, 0.2) is 30.5 Å². The van der Waals surface area contributed by atoms with E-state index in [2.05, 4.69) is 16.8 Å². The van der Waals surface area contributed by atoms with Gasteiger partial charge in [0, 0.05) is 26.0 Å². The topological polar surface area (TPSA) is 51.5 Å². The lowest BCUT2D eigenvalue weighted by Gasteiger charge is -2.23.